The van der Waals surface area contributed by atoms with Crippen molar-refractivity contribution in [2.24, 2.45) is 0 Å². The molecule has 3 heteroatoms. The molecule has 1 heterocycles. The van der Waals surface area contributed by atoms with Crippen LogP contribution in [0.2, 0.25) is 5.02 Å². The number of hydrogen-bond donors (Lipinski definition) is 0. The second kappa shape index (κ2) is 9.66. The third kappa shape index (κ3) is 6.22. The van der Waals surface area contributed by atoms with Crippen LogP contribution < -0.4 is 0 Å². The Morgan fingerprint density at radius 2 is 1.76 bits per heavy atom. The summed E-state index contributed by atoms with van der Waals surface area (Å²) in [4.78, 5) is 0. The van der Waals surface area contributed by atoms with Gasteiger partial charge in [-0.05, 0) is 37.5 Å². The van der Waals surface area contributed by atoms with Crippen LogP contribution in [0.5, 0.6) is 0 Å². The van der Waals surface area contributed by atoms with Crippen molar-refractivity contribution in [2.45, 2.75) is 26.2 Å². The SMILES string of the molecule is CC#CC.Clc1ccc(C2CC[N-]C2)cc1.[Ru+]. The van der Waals surface area contributed by atoms with E-state index in [0.717, 1.165) is 18.1 Å². The van der Waals surface area contributed by atoms with Gasteiger partial charge in [0.1, 0.15) is 0 Å². The molecule has 1 nitrogen and oxygen atoms in total. The third-order valence-corrected chi connectivity index (χ3v) is 2.83. The quantitative estimate of drug-likeness (QED) is 0.538. The molecule has 1 atom stereocenters. The molecule has 1 aromatic rings. The maximum Gasteiger partial charge on any atom is 1.00 e. The van der Waals surface area contributed by atoms with Crippen molar-refractivity contribution >= 4 is 11.6 Å². The van der Waals surface area contributed by atoms with Gasteiger partial charge in [-0.15, -0.1) is 24.9 Å². The largest absolute Gasteiger partial charge is 1.00 e. The van der Waals surface area contributed by atoms with Gasteiger partial charge in [-0.25, -0.2) is 0 Å². The van der Waals surface area contributed by atoms with Gasteiger partial charge >= 0.3 is 19.5 Å². The van der Waals surface area contributed by atoms with Crippen molar-refractivity contribution < 1.29 is 19.5 Å². The van der Waals surface area contributed by atoms with Crippen molar-refractivity contribution in [3.05, 3.63) is 40.2 Å². The fourth-order valence-corrected chi connectivity index (χ4v) is 1.72. The molecule has 0 amide bonds. The minimum Gasteiger partial charge on any atom is -0.662 e. The first-order valence-electron chi connectivity index (χ1n) is 5.50. The van der Waals surface area contributed by atoms with Gasteiger partial charge in [-0.2, -0.15) is 0 Å². The molecule has 2 rings (SSSR count). The Bertz CT molecular complexity index is 352. The van der Waals surface area contributed by atoms with Gasteiger partial charge < -0.3 is 5.32 Å². The number of rotatable bonds is 1. The molecular weight excluding hydrogens is 319 g/mol. The maximum atomic E-state index is 5.79. The van der Waals surface area contributed by atoms with Crippen molar-refractivity contribution in [3.8, 4) is 11.8 Å². The van der Waals surface area contributed by atoms with E-state index >= 15 is 0 Å². The van der Waals surface area contributed by atoms with Crippen LogP contribution in [0.4, 0.5) is 0 Å². The van der Waals surface area contributed by atoms with Crippen molar-refractivity contribution in [3.63, 3.8) is 0 Å². The van der Waals surface area contributed by atoms with E-state index in [0.29, 0.717) is 5.92 Å². The van der Waals surface area contributed by atoms with E-state index in [4.69, 9.17) is 11.6 Å². The summed E-state index contributed by atoms with van der Waals surface area (Å²) in [5.74, 6) is 6.00. The van der Waals surface area contributed by atoms with E-state index in [2.05, 4.69) is 29.3 Å². The molecule has 1 aromatic carbocycles. The Morgan fingerprint density at radius 1 is 1.18 bits per heavy atom. The molecule has 0 bridgehead atoms. The summed E-state index contributed by atoms with van der Waals surface area (Å²) in [6, 6.07) is 8.12. The maximum absolute atomic E-state index is 5.79. The average molecular weight is 336 g/mol. The summed E-state index contributed by atoms with van der Waals surface area (Å²) in [5, 5.41) is 5.14. The summed E-state index contributed by atoms with van der Waals surface area (Å²) in [6.45, 7) is 5.65. The Kier molecular flexibility index (Phi) is 9.46. The van der Waals surface area contributed by atoms with Crippen LogP contribution in [0, 0.1) is 11.8 Å². The van der Waals surface area contributed by atoms with E-state index in [1.807, 2.05) is 26.0 Å². The van der Waals surface area contributed by atoms with Crippen LogP contribution in [-0.2, 0) is 19.5 Å². The standard InChI is InChI=1S/C10H11ClN.C4H6.Ru/c11-10-3-1-8(2-4-10)9-5-6-12-7-9;1-3-4-2;/h1-4,9H,5-7H2;1-2H3;/q-1;;+1. The van der Waals surface area contributed by atoms with Crippen LogP contribution in [0.15, 0.2) is 24.3 Å². The Hall–Kier alpha value is -0.347. The topological polar surface area (TPSA) is 14.1 Å². The van der Waals surface area contributed by atoms with Gasteiger partial charge in [0.05, 0.1) is 0 Å². The number of nitrogens with zero attached hydrogens (tertiary/aromatic N) is 1. The molecule has 0 spiro atoms. The van der Waals surface area contributed by atoms with Crippen molar-refractivity contribution in [2.75, 3.05) is 13.1 Å². The van der Waals surface area contributed by atoms with Crippen LogP contribution in [-0.4, -0.2) is 13.1 Å². The van der Waals surface area contributed by atoms with Gasteiger partial charge in [0.15, 0.2) is 0 Å². The van der Waals surface area contributed by atoms with Gasteiger partial charge in [0.2, 0.25) is 0 Å². The number of halogens is 1. The van der Waals surface area contributed by atoms with Crippen LogP contribution >= 0.6 is 11.6 Å². The predicted octanol–water partition coefficient (Wildman–Crippen LogP) is 4.23. The van der Waals surface area contributed by atoms with Gasteiger partial charge in [-0.1, -0.05) is 30.2 Å². The predicted molar refractivity (Wildman–Crippen MR) is 71.0 cm³/mol. The smallest absolute Gasteiger partial charge is 0.662 e. The average Bonchev–Trinajstić information content (AvgIpc) is 2.84. The third-order valence-electron chi connectivity index (χ3n) is 2.58. The molecule has 1 fully saturated rings. The van der Waals surface area contributed by atoms with E-state index in [-0.39, 0.29) is 19.5 Å². The van der Waals surface area contributed by atoms with Crippen LogP contribution in [0.25, 0.3) is 5.32 Å². The molecule has 0 aliphatic carbocycles. The van der Waals surface area contributed by atoms with Crippen LogP contribution in [0.1, 0.15) is 31.7 Å². The Balaban J connectivity index is 0.000000453. The summed E-state index contributed by atoms with van der Waals surface area (Å²) in [6.07, 6.45) is 1.20. The van der Waals surface area contributed by atoms with Crippen molar-refractivity contribution in [1.29, 1.82) is 0 Å². The second-order valence-corrected chi connectivity index (χ2v) is 4.10. The number of benzene rings is 1. The summed E-state index contributed by atoms with van der Waals surface area (Å²) >= 11 is 5.79. The first kappa shape index (κ1) is 16.7. The van der Waals surface area contributed by atoms with Gasteiger partial charge in [-0.3, -0.25) is 0 Å². The van der Waals surface area contributed by atoms with Crippen molar-refractivity contribution in [1.82, 2.24) is 0 Å². The molecule has 1 aliphatic rings. The van der Waals surface area contributed by atoms with Gasteiger partial charge in [0.25, 0.3) is 0 Å². The zero-order chi connectivity index (χ0) is 11.8. The molecule has 1 aliphatic heterocycles. The molecule has 1 saturated heterocycles. The molecular formula is C14H17ClNRu. The molecule has 17 heavy (non-hydrogen) atoms. The van der Waals surface area contributed by atoms with Crippen LogP contribution in [0.3, 0.4) is 0 Å². The second-order valence-electron chi connectivity index (χ2n) is 3.67. The minimum absolute atomic E-state index is 0. The van der Waals surface area contributed by atoms with E-state index < -0.39 is 0 Å². The minimum atomic E-state index is 0. The zero-order valence-corrected chi connectivity index (χ0v) is 12.7. The molecule has 1 radical (unpaired) electrons. The monoisotopic (exact) mass is 336 g/mol. The fourth-order valence-electron chi connectivity index (χ4n) is 1.59. The fraction of sp³-hybridized carbons (Fsp3) is 0.429. The van der Waals surface area contributed by atoms with E-state index in [1.54, 1.807) is 0 Å². The normalized spacial score (nSPS) is 17.0. The first-order chi connectivity index (χ1) is 7.77. The molecule has 0 N–H and O–H groups in total. The molecule has 1 unspecified atom stereocenters. The Morgan fingerprint density at radius 3 is 2.18 bits per heavy atom. The van der Waals surface area contributed by atoms with E-state index in [9.17, 15) is 0 Å². The molecule has 0 saturated carbocycles. The Labute approximate surface area is 122 Å². The van der Waals surface area contributed by atoms with E-state index in [1.165, 1.54) is 12.0 Å². The number of hydrogen-bond acceptors (Lipinski definition) is 0. The first-order valence-corrected chi connectivity index (χ1v) is 5.88. The summed E-state index contributed by atoms with van der Waals surface area (Å²) in [5.41, 5.74) is 1.38. The van der Waals surface area contributed by atoms with Gasteiger partial charge in [0, 0.05) is 5.02 Å². The summed E-state index contributed by atoms with van der Waals surface area (Å²) in [7, 11) is 0. The summed E-state index contributed by atoms with van der Waals surface area (Å²) < 4.78 is 0. The molecule has 0 aromatic heterocycles. The zero-order valence-electron chi connectivity index (χ0n) is 10.2. The molecule has 93 valence electrons.